The zero-order chi connectivity index (χ0) is 8.48. The third-order valence-electron chi connectivity index (χ3n) is 1.97. The van der Waals surface area contributed by atoms with E-state index in [0.717, 1.165) is 11.3 Å². The van der Waals surface area contributed by atoms with Crippen LogP contribution in [0.4, 0.5) is 0 Å². The highest BCUT2D eigenvalue weighted by Crippen LogP contribution is 2.34. The van der Waals surface area contributed by atoms with E-state index in [0.29, 0.717) is 12.2 Å². The fourth-order valence-electron chi connectivity index (χ4n) is 1.27. The van der Waals surface area contributed by atoms with Crippen LogP contribution in [0, 0.1) is 5.41 Å². The fourth-order valence-corrected chi connectivity index (χ4v) is 1.82. The van der Waals surface area contributed by atoms with Gasteiger partial charge in [-0.15, -0.1) is 11.8 Å². The molecule has 0 N–H and O–H groups in total. The Hall–Kier alpha value is -0.240. The van der Waals surface area contributed by atoms with Crippen LogP contribution in [0.2, 0.25) is 0 Å². The lowest BCUT2D eigenvalue weighted by Crippen LogP contribution is -2.21. The molecule has 11 heavy (non-hydrogen) atoms. The monoisotopic (exact) mass is 170 g/mol. The average molecular weight is 170 g/mol. The van der Waals surface area contributed by atoms with Crippen LogP contribution in [0.15, 0.2) is 11.0 Å². The molecule has 1 rings (SSSR count). The number of Topliss-reactive ketones (excluding diaryl/α,β-unsaturated/α-hetero) is 1. The average Bonchev–Trinajstić information content (AvgIpc) is 1.86. The van der Waals surface area contributed by atoms with Crippen molar-refractivity contribution in [2.75, 3.05) is 6.26 Å². The summed E-state index contributed by atoms with van der Waals surface area (Å²) in [6.45, 7) is 4.27. The molecule has 0 aromatic rings. The van der Waals surface area contributed by atoms with Crippen molar-refractivity contribution >= 4 is 17.5 Å². The maximum absolute atomic E-state index is 11.4. The first kappa shape index (κ1) is 8.85. The van der Waals surface area contributed by atoms with Crippen molar-refractivity contribution in [3.05, 3.63) is 11.0 Å². The van der Waals surface area contributed by atoms with E-state index in [1.807, 2.05) is 6.26 Å². The normalized spacial score (nSPS) is 23.2. The number of rotatable bonds is 1. The van der Waals surface area contributed by atoms with E-state index in [9.17, 15) is 4.79 Å². The summed E-state index contributed by atoms with van der Waals surface area (Å²) in [5.41, 5.74) is 0.191. The molecule has 0 atom stereocenters. The van der Waals surface area contributed by atoms with Gasteiger partial charge in [0.15, 0.2) is 5.78 Å². The van der Waals surface area contributed by atoms with Crippen molar-refractivity contribution in [2.24, 2.45) is 5.41 Å². The van der Waals surface area contributed by atoms with E-state index in [2.05, 4.69) is 19.9 Å². The summed E-state index contributed by atoms with van der Waals surface area (Å²) >= 11 is 1.57. The van der Waals surface area contributed by atoms with Gasteiger partial charge in [-0.3, -0.25) is 4.79 Å². The molecule has 0 radical (unpaired) electrons. The molecule has 62 valence electrons. The Morgan fingerprint density at radius 3 is 2.64 bits per heavy atom. The lowest BCUT2D eigenvalue weighted by Gasteiger charge is -2.26. The highest BCUT2D eigenvalue weighted by molar-refractivity contribution is 8.03. The van der Waals surface area contributed by atoms with Crippen LogP contribution in [0.5, 0.6) is 0 Å². The second-order valence-corrected chi connectivity index (χ2v) is 4.59. The number of allylic oxidation sites excluding steroid dienone is 2. The van der Waals surface area contributed by atoms with E-state index in [4.69, 9.17) is 0 Å². The predicted molar refractivity (Wildman–Crippen MR) is 49.6 cm³/mol. The van der Waals surface area contributed by atoms with Gasteiger partial charge in [0.1, 0.15) is 0 Å². The Morgan fingerprint density at radius 2 is 2.18 bits per heavy atom. The van der Waals surface area contributed by atoms with Crippen molar-refractivity contribution in [1.82, 2.24) is 0 Å². The molecular formula is C9H14OS. The quantitative estimate of drug-likeness (QED) is 0.601. The van der Waals surface area contributed by atoms with Crippen LogP contribution >= 0.6 is 11.8 Å². The Labute approximate surface area is 72.2 Å². The third kappa shape index (κ3) is 2.09. The van der Waals surface area contributed by atoms with Crippen molar-refractivity contribution < 1.29 is 4.79 Å². The highest BCUT2D eigenvalue weighted by atomic mass is 32.2. The smallest absolute Gasteiger partial charge is 0.169 e. The van der Waals surface area contributed by atoms with Gasteiger partial charge in [0.05, 0.1) is 0 Å². The first-order valence-corrected chi connectivity index (χ1v) is 5.05. The molecule has 0 fully saturated rings. The SMILES string of the molecule is CSC1=CCC(C)(C)CC1=O. The van der Waals surface area contributed by atoms with Gasteiger partial charge in [-0.25, -0.2) is 0 Å². The number of hydrogen-bond donors (Lipinski definition) is 0. The van der Waals surface area contributed by atoms with Gasteiger partial charge in [-0.1, -0.05) is 19.9 Å². The molecule has 0 aliphatic heterocycles. The minimum Gasteiger partial charge on any atom is -0.294 e. The zero-order valence-corrected chi connectivity index (χ0v) is 8.12. The van der Waals surface area contributed by atoms with Gasteiger partial charge in [0.25, 0.3) is 0 Å². The largest absolute Gasteiger partial charge is 0.294 e. The number of hydrogen-bond acceptors (Lipinski definition) is 2. The van der Waals surface area contributed by atoms with Gasteiger partial charge >= 0.3 is 0 Å². The van der Waals surface area contributed by atoms with Crippen LogP contribution < -0.4 is 0 Å². The van der Waals surface area contributed by atoms with Crippen molar-refractivity contribution in [3.63, 3.8) is 0 Å². The zero-order valence-electron chi connectivity index (χ0n) is 7.31. The molecule has 0 unspecified atom stereocenters. The van der Waals surface area contributed by atoms with E-state index in [1.165, 1.54) is 0 Å². The molecule has 0 heterocycles. The first-order valence-electron chi connectivity index (χ1n) is 3.82. The maximum Gasteiger partial charge on any atom is 0.169 e. The van der Waals surface area contributed by atoms with Gasteiger partial charge in [-0.2, -0.15) is 0 Å². The summed E-state index contributed by atoms with van der Waals surface area (Å²) in [4.78, 5) is 12.3. The van der Waals surface area contributed by atoms with Crippen LogP contribution in [0.1, 0.15) is 26.7 Å². The summed E-state index contributed by atoms with van der Waals surface area (Å²) < 4.78 is 0. The topological polar surface area (TPSA) is 17.1 Å². The van der Waals surface area contributed by atoms with Crippen LogP contribution in [-0.4, -0.2) is 12.0 Å². The molecule has 1 nitrogen and oxygen atoms in total. The Balaban J connectivity index is 2.76. The van der Waals surface area contributed by atoms with Gasteiger partial charge in [0.2, 0.25) is 0 Å². The molecule has 0 aromatic carbocycles. The molecule has 1 aliphatic carbocycles. The summed E-state index contributed by atoms with van der Waals surface area (Å²) in [5, 5.41) is 0. The van der Waals surface area contributed by atoms with E-state index >= 15 is 0 Å². The summed E-state index contributed by atoms with van der Waals surface area (Å²) in [6, 6.07) is 0. The predicted octanol–water partition coefficient (Wildman–Crippen LogP) is 2.62. The fraction of sp³-hybridized carbons (Fsp3) is 0.667. The lowest BCUT2D eigenvalue weighted by atomic mass is 9.80. The van der Waals surface area contributed by atoms with Crippen LogP contribution in [-0.2, 0) is 4.79 Å². The molecule has 0 spiro atoms. The number of carbonyl (C=O) groups excluding carboxylic acids is 1. The van der Waals surface area contributed by atoms with Crippen molar-refractivity contribution in [1.29, 1.82) is 0 Å². The molecule has 0 bridgehead atoms. The van der Waals surface area contributed by atoms with Gasteiger partial charge < -0.3 is 0 Å². The lowest BCUT2D eigenvalue weighted by molar-refractivity contribution is -0.117. The first-order chi connectivity index (χ1) is 5.05. The van der Waals surface area contributed by atoms with Crippen molar-refractivity contribution in [2.45, 2.75) is 26.7 Å². The van der Waals surface area contributed by atoms with E-state index < -0.39 is 0 Å². The Morgan fingerprint density at radius 1 is 1.55 bits per heavy atom. The molecule has 0 aromatic heterocycles. The molecule has 0 amide bonds. The number of ketones is 1. The Kier molecular flexibility index (Phi) is 2.43. The molecule has 0 saturated carbocycles. The summed E-state index contributed by atoms with van der Waals surface area (Å²) in [6.07, 6.45) is 5.77. The minimum atomic E-state index is 0.191. The van der Waals surface area contributed by atoms with Gasteiger partial charge in [-0.05, 0) is 18.1 Å². The summed E-state index contributed by atoms with van der Waals surface area (Å²) in [5.74, 6) is 0.314. The van der Waals surface area contributed by atoms with E-state index in [-0.39, 0.29) is 5.41 Å². The van der Waals surface area contributed by atoms with Crippen LogP contribution in [0.3, 0.4) is 0 Å². The second-order valence-electron chi connectivity index (χ2n) is 3.74. The molecule has 0 saturated heterocycles. The molecule has 1 aliphatic rings. The highest BCUT2D eigenvalue weighted by Gasteiger charge is 2.26. The Bertz CT molecular complexity index is 204. The van der Waals surface area contributed by atoms with Gasteiger partial charge in [0, 0.05) is 11.3 Å². The third-order valence-corrected chi connectivity index (χ3v) is 2.81. The number of thioether (sulfide) groups is 1. The van der Waals surface area contributed by atoms with E-state index in [1.54, 1.807) is 11.8 Å². The maximum atomic E-state index is 11.4. The minimum absolute atomic E-state index is 0.191. The van der Waals surface area contributed by atoms with Crippen molar-refractivity contribution in [3.8, 4) is 0 Å². The standard InChI is InChI=1S/C9H14OS/c1-9(2)5-4-8(11-3)7(10)6-9/h4H,5-6H2,1-3H3. The molecule has 2 heteroatoms. The second kappa shape index (κ2) is 3.02. The number of carbonyl (C=O) groups is 1. The van der Waals surface area contributed by atoms with Crippen LogP contribution in [0.25, 0.3) is 0 Å². The summed E-state index contributed by atoms with van der Waals surface area (Å²) in [7, 11) is 0. The molecular weight excluding hydrogens is 156 g/mol.